The van der Waals surface area contributed by atoms with Crippen molar-refractivity contribution in [3.8, 4) is 0 Å². The van der Waals surface area contributed by atoms with E-state index in [2.05, 4.69) is 4.98 Å². The van der Waals surface area contributed by atoms with E-state index in [9.17, 15) is 14.4 Å². The van der Waals surface area contributed by atoms with Gasteiger partial charge in [0.2, 0.25) is 0 Å². The summed E-state index contributed by atoms with van der Waals surface area (Å²) in [6.07, 6.45) is 1.68. The molecule has 9 nitrogen and oxygen atoms in total. The highest BCUT2D eigenvalue weighted by molar-refractivity contribution is 5.71. The molecule has 0 aromatic carbocycles. The summed E-state index contributed by atoms with van der Waals surface area (Å²) in [5.74, 6) is 0. The SMILES string of the molecule is CCCOC(=O)N(C)Cn1cnc2c1c(=O)n(C)c(=O)n2C. The molecule has 0 bridgehead atoms. The molecule has 0 aliphatic rings. The Kier molecular flexibility index (Phi) is 4.34. The molecular weight excluding hydrogens is 290 g/mol. The van der Waals surface area contributed by atoms with E-state index in [1.807, 2.05) is 6.92 Å². The minimum Gasteiger partial charge on any atom is -0.449 e. The molecule has 0 saturated carbocycles. The van der Waals surface area contributed by atoms with Crippen LogP contribution in [0.4, 0.5) is 4.79 Å². The lowest BCUT2D eigenvalue weighted by molar-refractivity contribution is 0.102. The second-order valence-electron chi connectivity index (χ2n) is 5.05. The lowest BCUT2D eigenvalue weighted by atomic mass is 10.5. The Bertz CT molecular complexity index is 816. The van der Waals surface area contributed by atoms with E-state index in [1.54, 1.807) is 14.1 Å². The van der Waals surface area contributed by atoms with Gasteiger partial charge in [0.05, 0.1) is 12.9 Å². The molecule has 0 saturated heterocycles. The fourth-order valence-electron chi connectivity index (χ4n) is 2.09. The van der Waals surface area contributed by atoms with Crippen molar-refractivity contribution in [3.63, 3.8) is 0 Å². The Morgan fingerprint density at radius 3 is 2.64 bits per heavy atom. The predicted molar refractivity (Wildman–Crippen MR) is 79.6 cm³/mol. The van der Waals surface area contributed by atoms with Gasteiger partial charge in [0.25, 0.3) is 5.56 Å². The van der Waals surface area contributed by atoms with Gasteiger partial charge in [-0.25, -0.2) is 14.6 Å². The number of rotatable bonds is 4. The molecule has 0 aliphatic heterocycles. The Hall–Kier alpha value is -2.58. The summed E-state index contributed by atoms with van der Waals surface area (Å²) in [5.41, 5.74) is -0.354. The summed E-state index contributed by atoms with van der Waals surface area (Å²) in [5, 5.41) is 0. The van der Waals surface area contributed by atoms with Crippen molar-refractivity contribution >= 4 is 17.3 Å². The number of aryl methyl sites for hydroxylation is 1. The van der Waals surface area contributed by atoms with E-state index >= 15 is 0 Å². The minimum atomic E-state index is -0.481. The zero-order valence-corrected chi connectivity index (χ0v) is 13.1. The van der Waals surface area contributed by atoms with Crippen LogP contribution in [0.2, 0.25) is 0 Å². The van der Waals surface area contributed by atoms with Crippen molar-refractivity contribution in [2.75, 3.05) is 13.7 Å². The third kappa shape index (κ3) is 2.61. The quantitative estimate of drug-likeness (QED) is 0.784. The van der Waals surface area contributed by atoms with Crippen LogP contribution in [0.1, 0.15) is 13.3 Å². The third-order valence-electron chi connectivity index (χ3n) is 3.32. The lowest BCUT2D eigenvalue weighted by Gasteiger charge is -2.17. The molecule has 9 heteroatoms. The molecule has 0 spiro atoms. The maximum atomic E-state index is 12.3. The van der Waals surface area contributed by atoms with Crippen LogP contribution >= 0.6 is 0 Å². The minimum absolute atomic E-state index is 0.104. The standard InChI is InChI=1S/C13H19N5O4/c1-5-6-22-13(21)15(2)8-18-7-14-10-9(18)11(19)17(4)12(20)16(10)3/h7H,5-6,8H2,1-4H3. The van der Waals surface area contributed by atoms with E-state index in [0.29, 0.717) is 6.61 Å². The molecule has 0 N–H and O–H groups in total. The maximum Gasteiger partial charge on any atom is 0.410 e. The van der Waals surface area contributed by atoms with Crippen molar-refractivity contribution < 1.29 is 9.53 Å². The summed E-state index contributed by atoms with van der Waals surface area (Å²) < 4.78 is 8.85. The Morgan fingerprint density at radius 2 is 2.00 bits per heavy atom. The number of aromatic nitrogens is 4. The van der Waals surface area contributed by atoms with Crippen LogP contribution in [0.15, 0.2) is 15.9 Å². The molecular formula is C13H19N5O4. The number of carbonyl (C=O) groups excluding carboxylic acids is 1. The monoisotopic (exact) mass is 309 g/mol. The smallest absolute Gasteiger partial charge is 0.410 e. The molecule has 2 rings (SSSR count). The molecule has 2 aromatic rings. The van der Waals surface area contributed by atoms with Crippen LogP contribution in [0, 0.1) is 0 Å². The highest BCUT2D eigenvalue weighted by Gasteiger charge is 2.17. The first-order chi connectivity index (χ1) is 10.4. The summed E-state index contributed by atoms with van der Waals surface area (Å²) >= 11 is 0. The van der Waals surface area contributed by atoms with Gasteiger partial charge < -0.3 is 9.30 Å². The number of fused-ring (bicyclic) bond motifs is 1. The summed E-state index contributed by atoms with van der Waals surface area (Å²) in [6.45, 7) is 2.34. The predicted octanol–water partition coefficient (Wildman–Crippen LogP) is -0.130. The fourth-order valence-corrected chi connectivity index (χ4v) is 2.09. The van der Waals surface area contributed by atoms with Gasteiger partial charge in [-0.15, -0.1) is 0 Å². The molecule has 0 radical (unpaired) electrons. The number of nitrogens with zero attached hydrogens (tertiary/aromatic N) is 5. The van der Waals surface area contributed by atoms with Gasteiger partial charge in [-0.2, -0.15) is 0 Å². The van der Waals surface area contributed by atoms with E-state index in [4.69, 9.17) is 4.74 Å². The van der Waals surface area contributed by atoms with Gasteiger partial charge in [-0.1, -0.05) is 6.92 Å². The molecule has 1 amide bonds. The molecule has 0 atom stereocenters. The van der Waals surface area contributed by atoms with Crippen LogP contribution in [-0.4, -0.2) is 43.3 Å². The van der Waals surface area contributed by atoms with Crippen molar-refractivity contribution in [2.24, 2.45) is 14.1 Å². The average Bonchev–Trinajstić information content (AvgIpc) is 2.92. The topological polar surface area (TPSA) is 91.4 Å². The van der Waals surface area contributed by atoms with Gasteiger partial charge in [-0.3, -0.25) is 18.8 Å². The second-order valence-corrected chi connectivity index (χ2v) is 5.05. The van der Waals surface area contributed by atoms with Crippen molar-refractivity contribution in [1.82, 2.24) is 23.6 Å². The van der Waals surface area contributed by atoms with Gasteiger partial charge in [0, 0.05) is 21.1 Å². The number of hydrogen-bond acceptors (Lipinski definition) is 5. The van der Waals surface area contributed by atoms with Crippen molar-refractivity contribution in [2.45, 2.75) is 20.0 Å². The highest BCUT2D eigenvalue weighted by atomic mass is 16.6. The zero-order chi connectivity index (χ0) is 16.4. The Morgan fingerprint density at radius 1 is 1.32 bits per heavy atom. The molecule has 2 heterocycles. The van der Waals surface area contributed by atoms with Crippen molar-refractivity contribution in [1.29, 1.82) is 0 Å². The van der Waals surface area contributed by atoms with E-state index in [1.165, 1.54) is 27.4 Å². The maximum absolute atomic E-state index is 12.3. The molecule has 0 unspecified atom stereocenters. The molecule has 0 fully saturated rings. The van der Waals surface area contributed by atoms with Crippen molar-refractivity contribution in [3.05, 3.63) is 27.2 Å². The highest BCUT2D eigenvalue weighted by Crippen LogP contribution is 2.06. The van der Waals surface area contributed by atoms with E-state index in [0.717, 1.165) is 11.0 Å². The Balaban J connectivity index is 2.40. The summed E-state index contributed by atoms with van der Waals surface area (Å²) in [7, 11) is 4.51. The Labute approximate surface area is 126 Å². The number of hydrogen-bond donors (Lipinski definition) is 0. The van der Waals surface area contributed by atoms with Crippen LogP contribution in [-0.2, 0) is 25.5 Å². The van der Waals surface area contributed by atoms with E-state index < -0.39 is 17.3 Å². The molecule has 120 valence electrons. The third-order valence-corrected chi connectivity index (χ3v) is 3.32. The first-order valence-electron chi connectivity index (χ1n) is 6.87. The van der Waals surface area contributed by atoms with Crippen LogP contribution in [0.25, 0.3) is 11.2 Å². The zero-order valence-electron chi connectivity index (χ0n) is 13.1. The number of imidazole rings is 1. The average molecular weight is 309 g/mol. The van der Waals surface area contributed by atoms with Gasteiger partial charge >= 0.3 is 11.8 Å². The molecule has 22 heavy (non-hydrogen) atoms. The second kappa shape index (κ2) is 6.04. The molecule has 0 aliphatic carbocycles. The van der Waals surface area contributed by atoms with E-state index in [-0.39, 0.29) is 17.8 Å². The van der Waals surface area contributed by atoms with Gasteiger partial charge in [-0.05, 0) is 6.42 Å². The number of ether oxygens (including phenoxy) is 1. The van der Waals surface area contributed by atoms with Crippen LogP contribution in [0.3, 0.4) is 0 Å². The summed E-state index contributed by atoms with van der Waals surface area (Å²) in [4.78, 5) is 41.3. The number of amides is 1. The lowest BCUT2D eigenvalue weighted by Crippen LogP contribution is -2.38. The fraction of sp³-hybridized carbons (Fsp3) is 0.538. The first-order valence-corrected chi connectivity index (χ1v) is 6.87. The van der Waals surface area contributed by atoms with Gasteiger partial charge in [0.15, 0.2) is 11.2 Å². The molecule has 2 aromatic heterocycles. The van der Waals surface area contributed by atoms with Crippen LogP contribution < -0.4 is 11.2 Å². The largest absolute Gasteiger partial charge is 0.449 e. The van der Waals surface area contributed by atoms with Crippen LogP contribution in [0.5, 0.6) is 0 Å². The number of carbonyl (C=O) groups is 1. The normalized spacial score (nSPS) is 10.9. The first kappa shape index (κ1) is 15.8. The van der Waals surface area contributed by atoms with Gasteiger partial charge in [0.1, 0.15) is 6.67 Å². The summed E-state index contributed by atoms with van der Waals surface area (Å²) in [6, 6.07) is 0.